The largest absolute Gasteiger partial charge is 0.0824 e. The van der Waals surface area contributed by atoms with Gasteiger partial charge >= 0.3 is 0 Å². The Labute approximate surface area is 96.2 Å². The second-order valence-corrected chi connectivity index (χ2v) is 4.27. The van der Waals surface area contributed by atoms with Crippen LogP contribution in [0.3, 0.4) is 0 Å². The van der Waals surface area contributed by atoms with Gasteiger partial charge in [0.15, 0.2) is 0 Å². The fourth-order valence-electron chi connectivity index (χ4n) is 1.55. The predicted octanol–water partition coefficient (Wildman–Crippen LogP) is 4.90. The molecule has 0 aliphatic rings. The van der Waals surface area contributed by atoms with Crippen LogP contribution in [0.4, 0.5) is 0 Å². The quantitative estimate of drug-likeness (QED) is 0.691. The summed E-state index contributed by atoms with van der Waals surface area (Å²) in [7, 11) is 0. The average molecular weight is 231 g/mol. The fraction of sp³-hybridized carbons (Fsp3) is 0.500. The van der Waals surface area contributed by atoms with Crippen LogP contribution in [-0.2, 0) is 12.8 Å². The number of aryl methyl sites for hydroxylation is 2. The number of rotatable bonds is 4. The maximum atomic E-state index is 6.18. The zero-order chi connectivity index (χ0) is 10.6. The molecule has 14 heavy (non-hydrogen) atoms. The Bertz CT molecular complexity index is 274. The van der Waals surface area contributed by atoms with Crippen molar-refractivity contribution in [3.63, 3.8) is 0 Å². The highest BCUT2D eigenvalue weighted by Gasteiger charge is 2.08. The van der Waals surface area contributed by atoms with Gasteiger partial charge in [-0.1, -0.05) is 62.0 Å². The van der Waals surface area contributed by atoms with Crippen LogP contribution < -0.4 is 0 Å². The molecule has 1 aromatic rings. The SMILES string of the molecule is CCCc1ccc(CCC)c(Cl)c1Cl. The van der Waals surface area contributed by atoms with Crippen LogP contribution in [0, 0.1) is 0 Å². The predicted molar refractivity (Wildman–Crippen MR) is 64.5 cm³/mol. The summed E-state index contributed by atoms with van der Waals surface area (Å²) in [6.07, 6.45) is 4.21. The van der Waals surface area contributed by atoms with Crippen molar-refractivity contribution in [3.8, 4) is 0 Å². The van der Waals surface area contributed by atoms with Crippen molar-refractivity contribution in [2.75, 3.05) is 0 Å². The molecule has 0 N–H and O–H groups in total. The van der Waals surface area contributed by atoms with Crippen molar-refractivity contribution in [2.45, 2.75) is 39.5 Å². The Hall–Kier alpha value is -0.200. The van der Waals surface area contributed by atoms with Crippen molar-refractivity contribution < 1.29 is 0 Å². The summed E-state index contributed by atoms with van der Waals surface area (Å²) in [4.78, 5) is 0. The minimum atomic E-state index is 0.750. The summed E-state index contributed by atoms with van der Waals surface area (Å²) >= 11 is 12.4. The minimum Gasteiger partial charge on any atom is -0.0824 e. The van der Waals surface area contributed by atoms with Crippen LogP contribution in [0.1, 0.15) is 37.8 Å². The lowest BCUT2D eigenvalue weighted by Gasteiger charge is -2.09. The second-order valence-electron chi connectivity index (χ2n) is 3.51. The third-order valence-electron chi connectivity index (χ3n) is 2.28. The number of hydrogen-bond donors (Lipinski definition) is 0. The van der Waals surface area contributed by atoms with Gasteiger partial charge < -0.3 is 0 Å². The van der Waals surface area contributed by atoms with Gasteiger partial charge in [0, 0.05) is 0 Å². The van der Waals surface area contributed by atoms with Crippen molar-refractivity contribution >= 4 is 23.2 Å². The smallest absolute Gasteiger partial charge is 0.0627 e. The number of hydrogen-bond acceptors (Lipinski definition) is 0. The zero-order valence-electron chi connectivity index (χ0n) is 8.74. The molecule has 0 nitrogen and oxygen atoms in total. The number of benzene rings is 1. The van der Waals surface area contributed by atoms with E-state index in [1.165, 1.54) is 11.1 Å². The minimum absolute atomic E-state index is 0.750. The molecule has 0 amide bonds. The van der Waals surface area contributed by atoms with E-state index in [-0.39, 0.29) is 0 Å². The normalized spacial score (nSPS) is 10.6. The van der Waals surface area contributed by atoms with E-state index in [9.17, 15) is 0 Å². The van der Waals surface area contributed by atoms with Crippen LogP contribution in [0.25, 0.3) is 0 Å². The van der Waals surface area contributed by atoms with Gasteiger partial charge in [-0.25, -0.2) is 0 Å². The molecule has 0 fully saturated rings. The van der Waals surface area contributed by atoms with Crippen LogP contribution >= 0.6 is 23.2 Å². The standard InChI is InChI=1S/C12H16Cl2/c1-3-5-9-7-8-10(6-4-2)12(14)11(9)13/h7-8H,3-6H2,1-2H3. The van der Waals surface area contributed by atoms with E-state index in [1.54, 1.807) is 0 Å². The molecule has 0 atom stereocenters. The first-order valence-electron chi connectivity index (χ1n) is 5.16. The fourth-order valence-corrected chi connectivity index (χ4v) is 2.11. The monoisotopic (exact) mass is 230 g/mol. The zero-order valence-corrected chi connectivity index (χ0v) is 10.3. The van der Waals surface area contributed by atoms with Crippen molar-refractivity contribution in [1.82, 2.24) is 0 Å². The molecule has 1 aromatic carbocycles. The third-order valence-corrected chi connectivity index (χ3v) is 3.24. The van der Waals surface area contributed by atoms with Gasteiger partial charge in [-0.05, 0) is 24.0 Å². The van der Waals surface area contributed by atoms with Crippen molar-refractivity contribution in [1.29, 1.82) is 0 Å². The van der Waals surface area contributed by atoms with E-state index in [0.717, 1.165) is 35.7 Å². The van der Waals surface area contributed by atoms with Gasteiger partial charge in [-0.2, -0.15) is 0 Å². The molecule has 78 valence electrons. The lowest BCUT2D eigenvalue weighted by Crippen LogP contribution is -1.91. The van der Waals surface area contributed by atoms with Gasteiger partial charge in [0.05, 0.1) is 10.0 Å². The summed E-state index contributed by atoms with van der Waals surface area (Å²) in [6, 6.07) is 4.20. The van der Waals surface area contributed by atoms with E-state index in [4.69, 9.17) is 23.2 Å². The Kier molecular flexibility index (Phi) is 4.77. The van der Waals surface area contributed by atoms with Gasteiger partial charge in [-0.3, -0.25) is 0 Å². The molecule has 0 bridgehead atoms. The number of halogens is 2. The Morgan fingerprint density at radius 2 is 1.21 bits per heavy atom. The van der Waals surface area contributed by atoms with Gasteiger partial charge in [0.2, 0.25) is 0 Å². The molecule has 0 unspecified atom stereocenters. The Morgan fingerprint density at radius 3 is 1.50 bits per heavy atom. The van der Waals surface area contributed by atoms with Gasteiger partial charge in [-0.15, -0.1) is 0 Å². The third kappa shape index (κ3) is 2.65. The molecule has 0 aliphatic carbocycles. The summed E-state index contributed by atoms with van der Waals surface area (Å²) in [5.74, 6) is 0. The average Bonchev–Trinajstić information content (AvgIpc) is 2.18. The van der Waals surface area contributed by atoms with Crippen LogP contribution in [-0.4, -0.2) is 0 Å². The van der Waals surface area contributed by atoms with Crippen LogP contribution in [0.15, 0.2) is 12.1 Å². The molecule has 0 radical (unpaired) electrons. The lowest BCUT2D eigenvalue weighted by atomic mass is 10.0. The Balaban J connectivity index is 2.99. The molecule has 1 rings (SSSR count). The molecule has 0 saturated carbocycles. The first-order chi connectivity index (χ1) is 6.70. The summed E-state index contributed by atoms with van der Waals surface area (Å²) in [6.45, 7) is 4.29. The van der Waals surface area contributed by atoms with Gasteiger partial charge in [0.25, 0.3) is 0 Å². The molecule has 0 aliphatic heterocycles. The highest BCUT2D eigenvalue weighted by Crippen LogP contribution is 2.30. The summed E-state index contributed by atoms with van der Waals surface area (Å²) < 4.78 is 0. The van der Waals surface area contributed by atoms with E-state index in [2.05, 4.69) is 26.0 Å². The summed E-state index contributed by atoms with van der Waals surface area (Å²) in [5, 5.41) is 1.50. The van der Waals surface area contributed by atoms with E-state index < -0.39 is 0 Å². The molecule has 0 spiro atoms. The lowest BCUT2D eigenvalue weighted by molar-refractivity contribution is 0.904. The van der Waals surface area contributed by atoms with E-state index in [1.807, 2.05) is 0 Å². The molecule has 0 aromatic heterocycles. The maximum absolute atomic E-state index is 6.18. The van der Waals surface area contributed by atoms with Crippen molar-refractivity contribution in [2.24, 2.45) is 0 Å². The molecular weight excluding hydrogens is 215 g/mol. The van der Waals surface area contributed by atoms with Crippen molar-refractivity contribution in [3.05, 3.63) is 33.3 Å². The first kappa shape index (κ1) is 11.9. The topological polar surface area (TPSA) is 0 Å². The molecule has 0 saturated heterocycles. The summed E-state index contributed by atoms with van der Waals surface area (Å²) in [5.41, 5.74) is 2.33. The molecule has 0 heterocycles. The van der Waals surface area contributed by atoms with E-state index in [0.29, 0.717) is 0 Å². The van der Waals surface area contributed by atoms with Crippen LogP contribution in [0.2, 0.25) is 10.0 Å². The van der Waals surface area contributed by atoms with Crippen LogP contribution in [0.5, 0.6) is 0 Å². The molecular formula is C12H16Cl2. The molecule has 2 heteroatoms. The Morgan fingerprint density at radius 1 is 0.857 bits per heavy atom. The first-order valence-corrected chi connectivity index (χ1v) is 5.92. The highest BCUT2D eigenvalue weighted by atomic mass is 35.5. The second kappa shape index (κ2) is 5.63. The van der Waals surface area contributed by atoms with E-state index >= 15 is 0 Å². The highest BCUT2D eigenvalue weighted by molar-refractivity contribution is 6.43. The van der Waals surface area contributed by atoms with Gasteiger partial charge in [0.1, 0.15) is 0 Å². The maximum Gasteiger partial charge on any atom is 0.0627 e.